The van der Waals surface area contributed by atoms with Crippen LogP contribution in [-0.4, -0.2) is 46.1 Å². The van der Waals surface area contributed by atoms with Crippen molar-refractivity contribution >= 4 is 17.5 Å². The summed E-state index contributed by atoms with van der Waals surface area (Å²) in [4.78, 5) is 36.1. The molecule has 2 unspecified atom stereocenters. The van der Waals surface area contributed by atoms with Crippen LogP contribution in [0.15, 0.2) is 36.0 Å². The summed E-state index contributed by atoms with van der Waals surface area (Å²) in [5, 5.41) is 23.0. The second-order valence-corrected chi connectivity index (χ2v) is 9.98. The molecule has 162 valence electrons. The molecule has 0 radical (unpaired) electrons. The van der Waals surface area contributed by atoms with Gasteiger partial charge in [0.25, 0.3) is 0 Å². The average Bonchev–Trinajstić information content (AvgIpc) is 2.87. The lowest BCUT2D eigenvalue weighted by atomic mass is 9.47. The molecule has 0 heterocycles. The lowest BCUT2D eigenvalue weighted by Gasteiger charge is -2.57. The zero-order valence-electron chi connectivity index (χ0n) is 17.9. The van der Waals surface area contributed by atoms with Crippen molar-refractivity contribution in [3.05, 3.63) is 36.0 Å². The number of carbonyl (C=O) groups is 3. The smallest absolute Gasteiger partial charge is 0.303 e. The SMILES string of the molecule is CC(=O)OCC(=O)[C@@]1(O)C(C)C[C@H]2[C@@H]3C=CC4=CC(=O)C=C[C@]4(C)[C@H]3C(O)C[C@@]21C. The minimum Gasteiger partial charge on any atom is -0.458 e. The number of rotatable bonds is 3. The zero-order valence-corrected chi connectivity index (χ0v) is 17.9. The van der Waals surface area contributed by atoms with Crippen LogP contribution in [0.25, 0.3) is 0 Å². The number of fused-ring (bicyclic) bond motifs is 5. The fraction of sp³-hybridized carbons (Fsp3) is 0.625. The second-order valence-electron chi connectivity index (χ2n) is 9.98. The predicted molar refractivity (Wildman–Crippen MR) is 109 cm³/mol. The van der Waals surface area contributed by atoms with Gasteiger partial charge in [-0.2, -0.15) is 0 Å². The van der Waals surface area contributed by atoms with Crippen LogP contribution in [0.1, 0.15) is 40.5 Å². The van der Waals surface area contributed by atoms with Gasteiger partial charge >= 0.3 is 5.97 Å². The highest BCUT2D eigenvalue weighted by Crippen LogP contribution is 2.67. The number of ketones is 2. The van der Waals surface area contributed by atoms with Crippen LogP contribution in [0.2, 0.25) is 0 Å². The predicted octanol–water partition coefficient (Wildman–Crippen LogP) is 2.15. The number of aliphatic hydroxyl groups excluding tert-OH is 1. The van der Waals surface area contributed by atoms with Crippen molar-refractivity contribution in [2.75, 3.05) is 6.61 Å². The van der Waals surface area contributed by atoms with E-state index in [9.17, 15) is 24.6 Å². The van der Waals surface area contributed by atoms with Crippen LogP contribution in [-0.2, 0) is 19.1 Å². The van der Waals surface area contributed by atoms with E-state index in [0.717, 1.165) is 5.57 Å². The van der Waals surface area contributed by atoms with E-state index in [4.69, 9.17) is 4.74 Å². The van der Waals surface area contributed by atoms with Gasteiger partial charge in [0.2, 0.25) is 5.78 Å². The third-order valence-corrected chi connectivity index (χ3v) is 8.47. The fourth-order valence-electron chi connectivity index (χ4n) is 6.99. The Morgan fingerprint density at radius 1 is 1.27 bits per heavy atom. The summed E-state index contributed by atoms with van der Waals surface area (Å²) >= 11 is 0. The lowest BCUT2D eigenvalue weighted by Crippen LogP contribution is -2.62. The number of hydrogen-bond donors (Lipinski definition) is 2. The van der Waals surface area contributed by atoms with E-state index in [1.165, 1.54) is 6.92 Å². The highest BCUT2D eigenvalue weighted by molar-refractivity contribution is 6.01. The van der Waals surface area contributed by atoms with E-state index in [-0.39, 0.29) is 35.9 Å². The monoisotopic (exact) mass is 414 g/mol. The Bertz CT molecular complexity index is 899. The largest absolute Gasteiger partial charge is 0.458 e. The van der Waals surface area contributed by atoms with Crippen LogP contribution >= 0.6 is 0 Å². The molecular formula is C24H30O6. The fourth-order valence-corrected chi connectivity index (χ4v) is 6.99. The Hall–Kier alpha value is -2.05. The van der Waals surface area contributed by atoms with Crippen molar-refractivity contribution in [2.24, 2.45) is 34.5 Å². The molecule has 2 saturated carbocycles. The minimum atomic E-state index is -1.68. The van der Waals surface area contributed by atoms with Crippen LogP contribution in [0.5, 0.6) is 0 Å². The Balaban J connectivity index is 1.74. The molecule has 0 aromatic rings. The Labute approximate surface area is 176 Å². The summed E-state index contributed by atoms with van der Waals surface area (Å²) in [5.41, 5.74) is -2.10. The first-order valence-corrected chi connectivity index (χ1v) is 10.7. The number of ether oxygens (including phenoxy) is 1. The number of allylic oxidation sites excluding steroid dienone is 6. The topological polar surface area (TPSA) is 101 Å². The molecule has 2 fully saturated rings. The normalized spacial score (nSPS) is 46.5. The molecule has 2 N–H and O–H groups in total. The Morgan fingerprint density at radius 2 is 1.97 bits per heavy atom. The molecule has 0 bridgehead atoms. The molecule has 0 amide bonds. The van der Waals surface area contributed by atoms with Gasteiger partial charge < -0.3 is 14.9 Å². The lowest BCUT2D eigenvalue weighted by molar-refractivity contribution is -0.180. The molecule has 0 saturated heterocycles. The summed E-state index contributed by atoms with van der Waals surface area (Å²) in [7, 11) is 0. The summed E-state index contributed by atoms with van der Waals surface area (Å²) in [6.07, 6.45) is 9.24. The van der Waals surface area contributed by atoms with Gasteiger partial charge in [-0.3, -0.25) is 14.4 Å². The molecule has 4 aliphatic carbocycles. The highest BCUT2D eigenvalue weighted by Gasteiger charge is 2.70. The third kappa shape index (κ3) is 2.66. The van der Waals surface area contributed by atoms with Gasteiger partial charge in [-0.25, -0.2) is 0 Å². The molecule has 8 atom stereocenters. The van der Waals surface area contributed by atoms with E-state index in [1.54, 1.807) is 12.2 Å². The van der Waals surface area contributed by atoms with E-state index >= 15 is 0 Å². The van der Waals surface area contributed by atoms with E-state index in [1.807, 2.05) is 39.0 Å². The van der Waals surface area contributed by atoms with Gasteiger partial charge in [-0.05, 0) is 48.3 Å². The van der Waals surface area contributed by atoms with Crippen molar-refractivity contribution in [1.29, 1.82) is 0 Å². The third-order valence-electron chi connectivity index (χ3n) is 8.47. The molecule has 6 heteroatoms. The van der Waals surface area contributed by atoms with Crippen LogP contribution in [0.3, 0.4) is 0 Å². The molecule has 0 aromatic heterocycles. The number of aliphatic hydroxyl groups is 2. The maximum Gasteiger partial charge on any atom is 0.303 e. The van der Waals surface area contributed by atoms with Gasteiger partial charge in [0.15, 0.2) is 12.4 Å². The molecule has 6 nitrogen and oxygen atoms in total. The maximum atomic E-state index is 13.1. The number of carbonyl (C=O) groups excluding carboxylic acids is 3. The first-order chi connectivity index (χ1) is 13.9. The van der Waals surface area contributed by atoms with Crippen LogP contribution in [0, 0.1) is 34.5 Å². The molecular weight excluding hydrogens is 384 g/mol. The Morgan fingerprint density at radius 3 is 2.63 bits per heavy atom. The minimum absolute atomic E-state index is 0.0205. The average molecular weight is 414 g/mol. The first-order valence-electron chi connectivity index (χ1n) is 10.7. The standard InChI is InChI=1S/C24H30O6/c1-13-9-18-17-6-5-15-10-16(26)7-8-22(15,3)21(17)19(27)11-23(18,4)24(13,29)20(28)12-30-14(2)25/h5-8,10,13,17-19,21,27,29H,9,11-12H2,1-4H3/t13?,17-,18-,19?,21+,22-,23-,24-/m0/s1. The molecule has 4 aliphatic rings. The second kappa shape index (κ2) is 6.72. The molecule has 4 rings (SSSR count). The van der Waals surface area contributed by atoms with Crippen molar-refractivity contribution in [3.63, 3.8) is 0 Å². The first kappa shape index (κ1) is 21.2. The maximum absolute atomic E-state index is 13.1. The molecule has 0 aromatic carbocycles. The van der Waals surface area contributed by atoms with Gasteiger partial charge in [0, 0.05) is 23.7 Å². The summed E-state index contributed by atoms with van der Waals surface area (Å²) in [6, 6.07) is 0. The molecule has 30 heavy (non-hydrogen) atoms. The molecule has 0 spiro atoms. The van der Waals surface area contributed by atoms with Crippen molar-refractivity contribution < 1.29 is 29.3 Å². The Kier molecular flexibility index (Phi) is 4.75. The number of esters is 1. The quantitative estimate of drug-likeness (QED) is 0.687. The summed E-state index contributed by atoms with van der Waals surface area (Å²) in [6.45, 7) is 6.55. The van der Waals surface area contributed by atoms with E-state index in [2.05, 4.69) is 0 Å². The number of Topliss-reactive ketones (excluding diaryl/α,β-unsaturated/α-hetero) is 1. The van der Waals surface area contributed by atoms with Crippen LogP contribution in [0.4, 0.5) is 0 Å². The highest BCUT2D eigenvalue weighted by atomic mass is 16.5. The van der Waals surface area contributed by atoms with Gasteiger partial charge in [0.05, 0.1) is 6.10 Å². The van der Waals surface area contributed by atoms with E-state index in [0.29, 0.717) is 6.42 Å². The van der Waals surface area contributed by atoms with Gasteiger partial charge in [-0.1, -0.05) is 39.0 Å². The summed E-state index contributed by atoms with van der Waals surface area (Å²) in [5.74, 6) is -1.66. The van der Waals surface area contributed by atoms with Crippen molar-refractivity contribution in [2.45, 2.75) is 52.2 Å². The summed E-state index contributed by atoms with van der Waals surface area (Å²) < 4.78 is 4.91. The van der Waals surface area contributed by atoms with Gasteiger partial charge in [0.1, 0.15) is 5.60 Å². The zero-order chi connectivity index (χ0) is 22.1. The van der Waals surface area contributed by atoms with E-state index < -0.39 is 40.9 Å². The van der Waals surface area contributed by atoms with Crippen molar-refractivity contribution in [3.8, 4) is 0 Å². The number of hydrogen-bond acceptors (Lipinski definition) is 6. The van der Waals surface area contributed by atoms with Gasteiger partial charge in [-0.15, -0.1) is 0 Å². The van der Waals surface area contributed by atoms with Crippen molar-refractivity contribution in [1.82, 2.24) is 0 Å². The van der Waals surface area contributed by atoms with Crippen LogP contribution < -0.4 is 0 Å². The molecule has 0 aliphatic heterocycles.